The summed E-state index contributed by atoms with van der Waals surface area (Å²) in [6, 6.07) is 11.6. The van der Waals surface area contributed by atoms with E-state index in [9.17, 15) is 0 Å². The molecule has 0 radical (unpaired) electrons. The van der Waals surface area contributed by atoms with Crippen molar-refractivity contribution in [2.24, 2.45) is 0 Å². The largest absolute Gasteiger partial charge is 0.399 e. The SMILES string of the molecule is CC(C)n1c(Cc2ccc(Cl)cc2Cl)nc2ccc(N)cc21. The Morgan fingerprint density at radius 3 is 2.59 bits per heavy atom. The number of hydrogen-bond donors (Lipinski definition) is 1. The predicted octanol–water partition coefficient (Wildman–Crippen LogP) is 5.10. The van der Waals surface area contributed by atoms with Crippen molar-refractivity contribution < 1.29 is 0 Å². The van der Waals surface area contributed by atoms with E-state index in [4.69, 9.17) is 33.9 Å². The van der Waals surface area contributed by atoms with Gasteiger partial charge in [-0.15, -0.1) is 0 Å². The zero-order valence-corrected chi connectivity index (χ0v) is 14.0. The van der Waals surface area contributed by atoms with E-state index < -0.39 is 0 Å². The fourth-order valence-corrected chi connectivity index (χ4v) is 3.17. The summed E-state index contributed by atoms with van der Waals surface area (Å²) >= 11 is 12.3. The van der Waals surface area contributed by atoms with E-state index in [-0.39, 0.29) is 6.04 Å². The van der Waals surface area contributed by atoms with E-state index in [0.717, 1.165) is 28.1 Å². The highest BCUT2D eigenvalue weighted by molar-refractivity contribution is 6.35. The zero-order chi connectivity index (χ0) is 15.9. The Balaban J connectivity index is 2.12. The number of halogens is 2. The van der Waals surface area contributed by atoms with Gasteiger partial charge in [0.1, 0.15) is 5.82 Å². The topological polar surface area (TPSA) is 43.8 Å². The van der Waals surface area contributed by atoms with Crippen molar-refractivity contribution in [1.82, 2.24) is 9.55 Å². The molecule has 0 unspecified atom stereocenters. The monoisotopic (exact) mass is 333 g/mol. The number of aromatic nitrogens is 2. The van der Waals surface area contributed by atoms with Crippen LogP contribution in [0.4, 0.5) is 5.69 Å². The highest BCUT2D eigenvalue weighted by Crippen LogP contribution is 2.27. The Labute approximate surface area is 139 Å². The Morgan fingerprint density at radius 2 is 1.91 bits per heavy atom. The van der Waals surface area contributed by atoms with E-state index in [1.807, 2.05) is 30.3 Å². The minimum atomic E-state index is 0.285. The summed E-state index contributed by atoms with van der Waals surface area (Å²) in [6.07, 6.45) is 0.656. The molecule has 1 aromatic heterocycles. The molecular weight excluding hydrogens is 317 g/mol. The number of fused-ring (bicyclic) bond motifs is 1. The van der Waals surface area contributed by atoms with Gasteiger partial charge in [0, 0.05) is 28.2 Å². The summed E-state index contributed by atoms with van der Waals surface area (Å²) in [7, 11) is 0. The second-order valence-electron chi connectivity index (χ2n) is 5.65. The van der Waals surface area contributed by atoms with Crippen molar-refractivity contribution in [3.05, 3.63) is 57.8 Å². The predicted molar refractivity (Wildman–Crippen MR) is 93.8 cm³/mol. The molecule has 0 atom stereocenters. The highest BCUT2D eigenvalue weighted by Gasteiger charge is 2.15. The minimum Gasteiger partial charge on any atom is -0.399 e. The molecule has 0 saturated carbocycles. The summed E-state index contributed by atoms with van der Waals surface area (Å²) < 4.78 is 2.20. The van der Waals surface area contributed by atoms with Crippen LogP contribution in [0.3, 0.4) is 0 Å². The minimum absolute atomic E-state index is 0.285. The van der Waals surface area contributed by atoms with Gasteiger partial charge in [-0.3, -0.25) is 0 Å². The number of nitrogens with two attached hydrogens (primary N) is 1. The smallest absolute Gasteiger partial charge is 0.114 e. The summed E-state index contributed by atoms with van der Waals surface area (Å²) in [5.74, 6) is 0.972. The Hall–Kier alpha value is -1.71. The van der Waals surface area contributed by atoms with Crippen LogP contribution in [-0.2, 0) is 6.42 Å². The molecule has 1 heterocycles. The molecule has 2 aromatic carbocycles. The van der Waals surface area contributed by atoms with Gasteiger partial charge in [-0.05, 0) is 49.7 Å². The first-order valence-corrected chi connectivity index (χ1v) is 7.91. The number of nitrogen functional groups attached to an aromatic ring is 1. The first-order chi connectivity index (χ1) is 10.5. The first kappa shape index (κ1) is 15.2. The molecule has 0 bridgehead atoms. The van der Waals surface area contributed by atoms with Crippen molar-refractivity contribution in [1.29, 1.82) is 0 Å². The van der Waals surface area contributed by atoms with Crippen LogP contribution in [0.15, 0.2) is 36.4 Å². The second kappa shape index (κ2) is 5.82. The van der Waals surface area contributed by atoms with Crippen LogP contribution in [0.25, 0.3) is 11.0 Å². The molecule has 0 spiro atoms. The maximum Gasteiger partial charge on any atom is 0.114 e. The third kappa shape index (κ3) is 2.79. The molecule has 114 valence electrons. The number of anilines is 1. The normalized spacial score (nSPS) is 11.5. The summed E-state index contributed by atoms with van der Waals surface area (Å²) in [5.41, 5.74) is 9.67. The maximum atomic E-state index is 6.29. The fourth-order valence-electron chi connectivity index (χ4n) is 2.70. The van der Waals surface area contributed by atoms with Crippen molar-refractivity contribution in [3.8, 4) is 0 Å². The van der Waals surface area contributed by atoms with Crippen LogP contribution >= 0.6 is 23.2 Å². The van der Waals surface area contributed by atoms with Crippen molar-refractivity contribution >= 4 is 39.9 Å². The zero-order valence-electron chi connectivity index (χ0n) is 12.5. The number of nitrogens with zero attached hydrogens (tertiary/aromatic N) is 2. The van der Waals surface area contributed by atoms with Crippen molar-refractivity contribution in [2.75, 3.05) is 5.73 Å². The molecule has 0 aliphatic rings. The molecular formula is C17H17Cl2N3. The Kier molecular flexibility index (Phi) is 4.02. The van der Waals surface area contributed by atoms with Gasteiger partial charge in [0.05, 0.1) is 11.0 Å². The second-order valence-corrected chi connectivity index (χ2v) is 6.50. The molecule has 0 aliphatic carbocycles. The van der Waals surface area contributed by atoms with Crippen LogP contribution < -0.4 is 5.73 Å². The van der Waals surface area contributed by atoms with Gasteiger partial charge in [-0.1, -0.05) is 29.3 Å². The highest BCUT2D eigenvalue weighted by atomic mass is 35.5. The van der Waals surface area contributed by atoms with E-state index in [1.54, 1.807) is 6.07 Å². The number of hydrogen-bond acceptors (Lipinski definition) is 2. The lowest BCUT2D eigenvalue weighted by molar-refractivity contribution is 0.591. The number of imidazole rings is 1. The quantitative estimate of drug-likeness (QED) is 0.678. The molecule has 0 fully saturated rings. The van der Waals surface area contributed by atoms with Gasteiger partial charge >= 0.3 is 0 Å². The average molecular weight is 334 g/mol. The molecule has 3 rings (SSSR count). The van der Waals surface area contributed by atoms with Gasteiger partial charge in [-0.25, -0.2) is 4.98 Å². The van der Waals surface area contributed by atoms with Gasteiger partial charge in [0.25, 0.3) is 0 Å². The number of benzene rings is 2. The van der Waals surface area contributed by atoms with Crippen molar-refractivity contribution in [3.63, 3.8) is 0 Å². The van der Waals surface area contributed by atoms with E-state index in [1.165, 1.54) is 0 Å². The van der Waals surface area contributed by atoms with Crippen LogP contribution in [0.5, 0.6) is 0 Å². The van der Waals surface area contributed by atoms with E-state index in [2.05, 4.69) is 18.4 Å². The summed E-state index contributed by atoms with van der Waals surface area (Å²) in [4.78, 5) is 4.75. The molecule has 22 heavy (non-hydrogen) atoms. The van der Waals surface area contributed by atoms with Crippen molar-refractivity contribution in [2.45, 2.75) is 26.3 Å². The fraction of sp³-hybridized carbons (Fsp3) is 0.235. The average Bonchev–Trinajstić information content (AvgIpc) is 2.79. The molecule has 3 aromatic rings. The first-order valence-electron chi connectivity index (χ1n) is 7.16. The number of rotatable bonds is 3. The Morgan fingerprint density at radius 1 is 1.14 bits per heavy atom. The molecule has 0 amide bonds. The van der Waals surface area contributed by atoms with Gasteiger partial charge in [0.15, 0.2) is 0 Å². The van der Waals surface area contributed by atoms with Gasteiger partial charge in [-0.2, -0.15) is 0 Å². The lowest BCUT2D eigenvalue weighted by Gasteiger charge is -2.14. The van der Waals surface area contributed by atoms with E-state index in [0.29, 0.717) is 16.5 Å². The Bertz CT molecular complexity index is 837. The molecule has 0 aliphatic heterocycles. The summed E-state index contributed by atoms with van der Waals surface area (Å²) in [6.45, 7) is 4.27. The maximum absolute atomic E-state index is 6.29. The molecule has 3 nitrogen and oxygen atoms in total. The lowest BCUT2D eigenvalue weighted by atomic mass is 10.1. The standard InChI is InChI=1S/C17H17Cl2N3/c1-10(2)22-16-9-13(20)5-6-15(16)21-17(22)7-11-3-4-12(18)8-14(11)19/h3-6,8-10H,7,20H2,1-2H3. The lowest BCUT2D eigenvalue weighted by Crippen LogP contribution is -2.07. The van der Waals surface area contributed by atoms with Gasteiger partial charge in [0.2, 0.25) is 0 Å². The van der Waals surface area contributed by atoms with Crippen LogP contribution in [0, 0.1) is 0 Å². The third-order valence-corrected chi connectivity index (χ3v) is 4.25. The third-order valence-electron chi connectivity index (χ3n) is 3.67. The van der Waals surface area contributed by atoms with Crippen LogP contribution in [0.1, 0.15) is 31.3 Å². The van der Waals surface area contributed by atoms with Crippen LogP contribution in [-0.4, -0.2) is 9.55 Å². The van der Waals surface area contributed by atoms with Crippen LogP contribution in [0.2, 0.25) is 10.0 Å². The summed E-state index contributed by atoms with van der Waals surface area (Å²) in [5, 5.41) is 1.30. The molecule has 0 saturated heterocycles. The molecule has 2 N–H and O–H groups in total. The van der Waals surface area contributed by atoms with E-state index >= 15 is 0 Å². The molecule has 5 heteroatoms. The van der Waals surface area contributed by atoms with Gasteiger partial charge < -0.3 is 10.3 Å².